The summed E-state index contributed by atoms with van der Waals surface area (Å²) in [6.07, 6.45) is -0.481. The second-order valence-electron chi connectivity index (χ2n) is 4.06. The Hall–Kier alpha value is -1.07. The zero-order valence-electron chi connectivity index (χ0n) is 10.6. The quantitative estimate of drug-likeness (QED) is 0.849. The zero-order valence-corrected chi connectivity index (χ0v) is 12.2. The SMILES string of the molecule is COC(=O)C(C)CC(O)c1cc(Br)ccc1OC. The molecular formula is C13H17BrO4. The maximum absolute atomic E-state index is 11.3. The van der Waals surface area contributed by atoms with E-state index in [1.165, 1.54) is 7.11 Å². The fraction of sp³-hybridized carbons (Fsp3) is 0.462. The van der Waals surface area contributed by atoms with Crippen molar-refractivity contribution in [1.82, 2.24) is 0 Å². The fourth-order valence-corrected chi connectivity index (χ4v) is 2.10. The van der Waals surface area contributed by atoms with E-state index >= 15 is 0 Å². The lowest BCUT2D eigenvalue weighted by Crippen LogP contribution is -2.16. The molecule has 2 atom stereocenters. The minimum atomic E-state index is -0.772. The topological polar surface area (TPSA) is 55.8 Å². The Morgan fingerprint density at radius 3 is 2.67 bits per heavy atom. The standard InChI is InChI=1S/C13H17BrO4/c1-8(13(16)18-3)6-11(15)10-7-9(14)4-5-12(10)17-2/h4-5,7-8,11,15H,6H2,1-3H3. The molecule has 1 N–H and O–H groups in total. The maximum Gasteiger partial charge on any atom is 0.308 e. The molecule has 1 aromatic rings. The van der Waals surface area contributed by atoms with Gasteiger partial charge in [0.05, 0.1) is 26.2 Å². The second-order valence-corrected chi connectivity index (χ2v) is 4.98. The average molecular weight is 317 g/mol. The van der Waals surface area contributed by atoms with E-state index in [1.54, 1.807) is 26.2 Å². The smallest absolute Gasteiger partial charge is 0.308 e. The Morgan fingerprint density at radius 1 is 1.44 bits per heavy atom. The van der Waals surface area contributed by atoms with Crippen molar-refractivity contribution in [3.8, 4) is 5.75 Å². The summed E-state index contributed by atoms with van der Waals surface area (Å²) in [6.45, 7) is 1.72. The number of hydrogen-bond donors (Lipinski definition) is 1. The van der Waals surface area contributed by atoms with Gasteiger partial charge in [-0.15, -0.1) is 0 Å². The molecule has 0 saturated heterocycles. The molecular weight excluding hydrogens is 300 g/mol. The van der Waals surface area contributed by atoms with Crippen molar-refractivity contribution in [1.29, 1.82) is 0 Å². The zero-order chi connectivity index (χ0) is 13.7. The molecule has 0 aromatic heterocycles. The summed E-state index contributed by atoms with van der Waals surface area (Å²) in [7, 11) is 2.88. The van der Waals surface area contributed by atoms with Crippen LogP contribution in [0, 0.1) is 5.92 Å². The van der Waals surface area contributed by atoms with Crippen molar-refractivity contribution >= 4 is 21.9 Å². The van der Waals surface area contributed by atoms with Crippen LogP contribution in [0.3, 0.4) is 0 Å². The van der Waals surface area contributed by atoms with Gasteiger partial charge in [0.2, 0.25) is 0 Å². The number of hydrogen-bond acceptors (Lipinski definition) is 4. The molecule has 0 spiro atoms. The molecule has 5 heteroatoms. The first kappa shape index (κ1) is 15.0. The van der Waals surface area contributed by atoms with E-state index in [-0.39, 0.29) is 11.9 Å². The molecule has 0 heterocycles. The van der Waals surface area contributed by atoms with Crippen LogP contribution in [0.4, 0.5) is 0 Å². The number of ether oxygens (including phenoxy) is 2. The van der Waals surface area contributed by atoms with Crippen molar-refractivity contribution in [3.05, 3.63) is 28.2 Å². The van der Waals surface area contributed by atoms with Gasteiger partial charge >= 0.3 is 5.97 Å². The van der Waals surface area contributed by atoms with E-state index in [2.05, 4.69) is 20.7 Å². The predicted octanol–water partition coefficient (Wildman–Crippen LogP) is 2.69. The Bertz CT molecular complexity index is 419. The van der Waals surface area contributed by atoms with Gasteiger partial charge < -0.3 is 14.6 Å². The summed E-state index contributed by atoms with van der Waals surface area (Å²) in [5.41, 5.74) is 0.655. The Morgan fingerprint density at radius 2 is 2.11 bits per heavy atom. The van der Waals surface area contributed by atoms with Gasteiger partial charge in [-0.25, -0.2) is 0 Å². The molecule has 0 aliphatic carbocycles. The second kappa shape index (κ2) is 6.75. The summed E-state index contributed by atoms with van der Waals surface area (Å²) in [6, 6.07) is 5.39. The van der Waals surface area contributed by atoms with Gasteiger partial charge in [0.1, 0.15) is 5.75 Å². The minimum Gasteiger partial charge on any atom is -0.496 e. The lowest BCUT2D eigenvalue weighted by molar-refractivity contribution is -0.145. The van der Waals surface area contributed by atoms with Crippen LogP contribution in [-0.4, -0.2) is 25.3 Å². The average Bonchev–Trinajstić information content (AvgIpc) is 2.37. The summed E-state index contributed by atoms with van der Waals surface area (Å²) < 4.78 is 10.7. The molecule has 0 aliphatic heterocycles. The number of aliphatic hydroxyl groups excluding tert-OH is 1. The van der Waals surface area contributed by atoms with Gasteiger partial charge in [-0.2, -0.15) is 0 Å². The lowest BCUT2D eigenvalue weighted by atomic mass is 9.97. The van der Waals surface area contributed by atoms with Crippen molar-refractivity contribution in [2.24, 2.45) is 5.92 Å². The number of aliphatic hydroxyl groups is 1. The highest BCUT2D eigenvalue weighted by molar-refractivity contribution is 9.10. The molecule has 0 amide bonds. The van der Waals surface area contributed by atoms with Gasteiger partial charge in [0, 0.05) is 10.0 Å². The molecule has 100 valence electrons. The van der Waals surface area contributed by atoms with E-state index in [1.807, 2.05) is 6.07 Å². The van der Waals surface area contributed by atoms with Crippen LogP contribution in [0.2, 0.25) is 0 Å². The first-order chi connectivity index (χ1) is 8.49. The van der Waals surface area contributed by atoms with Crippen LogP contribution in [0.5, 0.6) is 5.75 Å². The Labute approximate surface area is 115 Å². The summed E-state index contributed by atoms with van der Waals surface area (Å²) in [5.74, 6) is -0.0977. The van der Waals surface area contributed by atoms with Gasteiger partial charge in [-0.05, 0) is 24.6 Å². The first-order valence-corrected chi connectivity index (χ1v) is 6.38. The van der Waals surface area contributed by atoms with E-state index < -0.39 is 6.10 Å². The molecule has 2 unspecified atom stereocenters. The Balaban J connectivity index is 2.86. The number of rotatable bonds is 5. The summed E-state index contributed by atoms with van der Waals surface area (Å²) in [5, 5.41) is 10.2. The van der Waals surface area contributed by atoms with Crippen LogP contribution in [0.15, 0.2) is 22.7 Å². The maximum atomic E-state index is 11.3. The lowest BCUT2D eigenvalue weighted by Gasteiger charge is -2.17. The number of esters is 1. The summed E-state index contributed by atoms with van der Waals surface area (Å²) in [4.78, 5) is 11.3. The van der Waals surface area contributed by atoms with Crippen LogP contribution >= 0.6 is 15.9 Å². The highest BCUT2D eigenvalue weighted by atomic mass is 79.9. The third-order valence-corrected chi connectivity index (χ3v) is 3.22. The Kier molecular flexibility index (Phi) is 5.62. The van der Waals surface area contributed by atoms with Gasteiger partial charge in [-0.1, -0.05) is 22.9 Å². The monoisotopic (exact) mass is 316 g/mol. The van der Waals surface area contributed by atoms with Crippen LogP contribution in [0.25, 0.3) is 0 Å². The largest absolute Gasteiger partial charge is 0.496 e. The summed E-state index contributed by atoms with van der Waals surface area (Å²) >= 11 is 3.34. The van der Waals surface area contributed by atoms with Crippen molar-refractivity contribution < 1.29 is 19.4 Å². The third-order valence-electron chi connectivity index (χ3n) is 2.73. The molecule has 18 heavy (non-hydrogen) atoms. The number of carbonyl (C=O) groups is 1. The number of halogens is 1. The molecule has 0 bridgehead atoms. The van der Waals surface area contributed by atoms with E-state index in [9.17, 15) is 9.90 Å². The van der Waals surface area contributed by atoms with Gasteiger partial charge in [0.15, 0.2) is 0 Å². The molecule has 0 radical (unpaired) electrons. The first-order valence-electron chi connectivity index (χ1n) is 5.59. The molecule has 0 aliphatic rings. The van der Waals surface area contributed by atoms with Crippen LogP contribution < -0.4 is 4.74 Å². The molecule has 0 saturated carbocycles. The molecule has 0 fully saturated rings. The number of carbonyl (C=O) groups excluding carboxylic acids is 1. The fourth-order valence-electron chi connectivity index (χ4n) is 1.72. The normalized spacial score (nSPS) is 13.8. The highest BCUT2D eigenvalue weighted by Gasteiger charge is 2.21. The molecule has 4 nitrogen and oxygen atoms in total. The van der Waals surface area contributed by atoms with Crippen molar-refractivity contribution in [2.75, 3.05) is 14.2 Å². The van der Waals surface area contributed by atoms with Crippen LogP contribution in [0.1, 0.15) is 25.0 Å². The van der Waals surface area contributed by atoms with E-state index in [0.29, 0.717) is 17.7 Å². The predicted molar refractivity (Wildman–Crippen MR) is 71.5 cm³/mol. The van der Waals surface area contributed by atoms with Gasteiger partial charge in [-0.3, -0.25) is 4.79 Å². The highest BCUT2D eigenvalue weighted by Crippen LogP contribution is 2.32. The van der Waals surface area contributed by atoms with Crippen molar-refractivity contribution in [3.63, 3.8) is 0 Å². The van der Waals surface area contributed by atoms with Gasteiger partial charge in [0.25, 0.3) is 0 Å². The third kappa shape index (κ3) is 3.71. The number of benzene rings is 1. The minimum absolute atomic E-state index is 0.291. The van der Waals surface area contributed by atoms with Crippen molar-refractivity contribution in [2.45, 2.75) is 19.4 Å². The van der Waals surface area contributed by atoms with E-state index in [4.69, 9.17) is 4.74 Å². The van der Waals surface area contributed by atoms with E-state index in [0.717, 1.165) is 4.47 Å². The van der Waals surface area contributed by atoms with Crippen LogP contribution in [-0.2, 0) is 9.53 Å². The molecule has 1 aromatic carbocycles. The number of methoxy groups -OCH3 is 2. The molecule has 1 rings (SSSR count).